The molecule has 1 unspecified atom stereocenters. The van der Waals surface area contributed by atoms with E-state index in [1.165, 1.54) is 12.1 Å². The first-order chi connectivity index (χ1) is 16.6. The second-order valence-electron chi connectivity index (χ2n) is 9.59. The molecule has 3 atom stereocenters. The summed E-state index contributed by atoms with van der Waals surface area (Å²) in [5.41, 5.74) is -0.952. The highest BCUT2D eigenvalue weighted by atomic mass is 35.5. The zero-order valence-corrected chi connectivity index (χ0v) is 20.3. The lowest BCUT2D eigenvalue weighted by Crippen LogP contribution is -2.43. The zero-order valence-electron chi connectivity index (χ0n) is 19.6. The fourth-order valence-electron chi connectivity index (χ4n) is 5.18. The van der Waals surface area contributed by atoms with Crippen molar-refractivity contribution < 1.29 is 22.4 Å². The molecule has 1 aromatic carbocycles. The molecule has 1 aliphatic heterocycles. The summed E-state index contributed by atoms with van der Waals surface area (Å²) in [7, 11) is 0. The number of anilines is 1. The largest absolute Gasteiger partial charge is 0.424 e. The number of hydrogen-bond acceptors (Lipinski definition) is 7. The molecule has 3 aromatic rings. The Morgan fingerprint density at radius 1 is 1.17 bits per heavy atom. The molecule has 12 heteroatoms. The monoisotopic (exact) mass is 510 g/mol. The number of rotatable bonds is 6. The molecule has 0 spiro atoms. The molecule has 1 saturated heterocycles. The van der Waals surface area contributed by atoms with Crippen molar-refractivity contribution in [3.63, 3.8) is 0 Å². The van der Waals surface area contributed by atoms with E-state index in [0.717, 1.165) is 32.0 Å². The first kappa shape index (κ1) is 23.9. The zero-order chi connectivity index (χ0) is 24.9. The van der Waals surface area contributed by atoms with Crippen LogP contribution in [0, 0.1) is 24.7 Å². The molecule has 1 saturated carbocycles. The number of alkyl halides is 3. The molecule has 0 N–H and O–H groups in total. The van der Waals surface area contributed by atoms with Gasteiger partial charge in [-0.1, -0.05) is 16.8 Å². The van der Waals surface area contributed by atoms with E-state index in [1.54, 1.807) is 11.6 Å². The van der Waals surface area contributed by atoms with Crippen LogP contribution in [0.4, 0.5) is 19.2 Å². The Balaban J connectivity index is 1.34. The van der Waals surface area contributed by atoms with Gasteiger partial charge in [0.2, 0.25) is 0 Å². The maximum atomic E-state index is 13.3. The van der Waals surface area contributed by atoms with Gasteiger partial charge in [0.25, 0.3) is 0 Å². The maximum Gasteiger partial charge on any atom is 0.417 e. The van der Waals surface area contributed by atoms with E-state index in [-0.39, 0.29) is 22.8 Å². The summed E-state index contributed by atoms with van der Waals surface area (Å²) in [4.78, 5) is 11.1. The molecule has 3 heterocycles. The number of nitrogens with zero attached hydrogens (tertiary/aromatic N) is 6. The summed E-state index contributed by atoms with van der Waals surface area (Å²) in [5.74, 6) is 2.55. The van der Waals surface area contributed by atoms with E-state index in [0.29, 0.717) is 41.8 Å². The van der Waals surface area contributed by atoms with Crippen LogP contribution in [0.25, 0.3) is 0 Å². The number of ether oxygens (including phenoxy) is 1. The van der Waals surface area contributed by atoms with Crippen LogP contribution in [0.2, 0.25) is 5.02 Å². The first-order valence-corrected chi connectivity index (χ1v) is 12.0. The van der Waals surface area contributed by atoms with E-state index in [9.17, 15) is 13.2 Å². The van der Waals surface area contributed by atoms with Crippen molar-refractivity contribution in [3.8, 4) is 11.8 Å². The van der Waals surface area contributed by atoms with E-state index in [2.05, 4.69) is 25.1 Å². The Morgan fingerprint density at radius 2 is 1.89 bits per heavy atom. The minimum Gasteiger partial charge on any atom is -0.424 e. The van der Waals surface area contributed by atoms with Gasteiger partial charge in [0, 0.05) is 19.5 Å². The lowest BCUT2D eigenvalue weighted by Gasteiger charge is -2.36. The van der Waals surface area contributed by atoms with Gasteiger partial charge >= 0.3 is 18.2 Å². The number of piperidine rings is 1. The molecule has 8 nitrogen and oxygen atoms in total. The van der Waals surface area contributed by atoms with E-state index < -0.39 is 11.7 Å². The Morgan fingerprint density at radius 3 is 2.49 bits per heavy atom. The van der Waals surface area contributed by atoms with Gasteiger partial charge in [-0.2, -0.15) is 28.2 Å². The average molecular weight is 511 g/mol. The third kappa shape index (κ3) is 4.82. The molecular formula is C23H26ClF3N6O2. The number of fused-ring (bicyclic) bond motifs is 2. The highest BCUT2D eigenvalue weighted by Gasteiger charge is 2.43. The summed E-state index contributed by atoms with van der Waals surface area (Å²) < 4.78 is 52.5. The van der Waals surface area contributed by atoms with Crippen molar-refractivity contribution in [1.82, 2.24) is 24.9 Å². The lowest BCUT2D eigenvalue weighted by molar-refractivity contribution is -0.137. The molecule has 1 aliphatic carbocycles. The molecule has 35 heavy (non-hydrogen) atoms. The molecular weight excluding hydrogens is 485 g/mol. The van der Waals surface area contributed by atoms with Crippen LogP contribution in [0.5, 0.6) is 11.8 Å². The molecule has 5 rings (SSSR count). The highest BCUT2D eigenvalue weighted by molar-refractivity contribution is 6.31. The van der Waals surface area contributed by atoms with Gasteiger partial charge < -0.3 is 14.2 Å². The molecule has 2 aromatic heterocycles. The van der Waals surface area contributed by atoms with Gasteiger partial charge in [0.05, 0.1) is 16.6 Å². The van der Waals surface area contributed by atoms with Crippen LogP contribution in [-0.2, 0) is 12.6 Å². The van der Waals surface area contributed by atoms with Crippen LogP contribution >= 0.6 is 11.6 Å². The molecule has 2 fully saturated rings. The number of aryl methyl sites for hydroxylation is 1. The van der Waals surface area contributed by atoms with Gasteiger partial charge in [-0.25, -0.2) is 4.68 Å². The van der Waals surface area contributed by atoms with Crippen molar-refractivity contribution in [3.05, 3.63) is 40.4 Å². The Kier molecular flexibility index (Phi) is 6.14. The molecule has 2 bridgehead atoms. The lowest BCUT2D eigenvalue weighted by atomic mass is 9.82. The highest BCUT2D eigenvalue weighted by Crippen LogP contribution is 2.44. The quantitative estimate of drug-likeness (QED) is 0.419. The molecule has 0 radical (unpaired) electrons. The van der Waals surface area contributed by atoms with Crippen LogP contribution in [0.1, 0.15) is 49.9 Å². The Labute approximate surface area is 205 Å². The van der Waals surface area contributed by atoms with Gasteiger partial charge in [-0.05, 0) is 69.6 Å². The SMILES string of the molecule is Cc1noc(N2C[C@H]3CC[C@@H](C2)C3Cc2nc(Oc3ccc(Cl)c(C(F)(F)F)c3)n(C(C)C)n2)n1. The summed E-state index contributed by atoms with van der Waals surface area (Å²) in [6.45, 7) is 7.31. The minimum atomic E-state index is -4.58. The summed E-state index contributed by atoms with van der Waals surface area (Å²) in [6.07, 6.45) is -1.69. The molecule has 188 valence electrons. The van der Waals surface area contributed by atoms with E-state index >= 15 is 0 Å². The van der Waals surface area contributed by atoms with Crippen molar-refractivity contribution in [1.29, 1.82) is 0 Å². The normalized spacial score (nSPS) is 22.3. The Hall–Kier alpha value is -2.82. The van der Waals surface area contributed by atoms with Crippen molar-refractivity contribution in [2.24, 2.45) is 17.8 Å². The third-order valence-corrected chi connectivity index (χ3v) is 7.15. The average Bonchev–Trinajstić information content (AvgIpc) is 3.45. The first-order valence-electron chi connectivity index (χ1n) is 11.6. The minimum absolute atomic E-state index is 0.00537. The Bertz CT molecular complexity index is 1200. The second kappa shape index (κ2) is 9.00. The summed E-state index contributed by atoms with van der Waals surface area (Å²) in [5, 5.41) is 8.16. The van der Waals surface area contributed by atoms with Gasteiger partial charge in [-0.15, -0.1) is 0 Å². The summed E-state index contributed by atoms with van der Waals surface area (Å²) in [6, 6.07) is 4.10. The third-order valence-electron chi connectivity index (χ3n) is 6.82. The van der Waals surface area contributed by atoms with Crippen molar-refractivity contribution >= 4 is 17.6 Å². The number of benzene rings is 1. The number of hydrogen-bond donors (Lipinski definition) is 0. The predicted molar refractivity (Wildman–Crippen MR) is 122 cm³/mol. The van der Waals surface area contributed by atoms with Crippen LogP contribution < -0.4 is 9.64 Å². The van der Waals surface area contributed by atoms with Crippen LogP contribution in [0.3, 0.4) is 0 Å². The molecule has 2 aliphatic rings. The van der Waals surface area contributed by atoms with Crippen molar-refractivity contribution in [2.75, 3.05) is 18.0 Å². The van der Waals surface area contributed by atoms with E-state index in [4.69, 9.17) is 20.9 Å². The smallest absolute Gasteiger partial charge is 0.417 e. The van der Waals surface area contributed by atoms with Gasteiger partial charge in [0.1, 0.15) is 5.75 Å². The maximum absolute atomic E-state index is 13.3. The second-order valence-corrected chi connectivity index (χ2v) is 9.99. The number of aromatic nitrogens is 5. The van der Waals surface area contributed by atoms with Crippen LogP contribution in [-0.4, -0.2) is 38.0 Å². The topological polar surface area (TPSA) is 82.1 Å². The van der Waals surface area contributed by atoms with E-state index in [1.807, 2.05) is 13.8 Å². The fourth-order valence-corrected chi connectivity index (χ4v) is 5.41. The summed E-state index contributed by atoms with van der Waals surface area (Å²) >= 11 is 5.74. The molecule has 0 amide bonds. The van der Waals surface area contributed by atoms with Crippen molar-refractivity contribution in [2.45, 2.75) is 52.3 Å². The predicted octanol–water partition coefficient (Wildman–Crippen LogP) is 5.72. The van der Waals surface area contributed by atoms with Gasteiger partial charge in [0.15, 0.2) is 11.6 Å². The standard InChI is InChI=1S/C23H26ClF3N6O2/c1-12(2)33-22(34-16-6-7-19(24)18(8-16)23(25,26)27)29-20(30-33)9-17-14-4-5-15(17)11-32(10-14)21-28-13(3)31-35-21/h6-8,12,14-15,17H,4-5,9-11H2,1-3H3/t14-,15+,17?. The number of halogens is 4. The van der Waals surface area contributed by atoms with Gasteiger partial charge in [-0.3, -0.25) is 0 Å². The van der Waals surface area contributed by atoms with Crippen LogP contribution in [0.15, 0.2) is 22.7 Å². The fraction of sp³-hybridized carbons (Fsp3) is 0.565.